The van der Waals surface area contributed by atoms with Gasteiger partial charge in [-0.2, -0.15) is 13.2 Å². The lowest BCUT2D eigenvalue weighted by Crippen LogP contribution is -2.43. The number of carbonyl (C=O) groups is 2. The highest BCUT2D eigenvalue weighted by atomic mass is 35.5. The van der Waals surface area contributed by atoms with Gasteiger partial charge < -0.3 is 15.6 Å². The molecule has 0 radical (unpaired) electrons. The Labute approximate surface area is 183 Å². The smallest absolute Gasteiger partial charge is 0.348 e. The normalized spacial score (nSPS) is 12.4. The second-order valence-corrected chi connectivity index (χ2v) is 7.47. The number of amides is 2. The number of alkyl halides is 3. The zero-order valence-corrected chi connectivity index (χ0v) is 17.7. The van der Waals surface area contributed by atoms with E-state index in [1.165, 1.54) is 5.32 Å². The van der Waals surface area contributed by atoms with Gasteiger partial charge in [0, 0.05) is 13.1 Å². The first-order valence-electron chi connectivity index (χ1n) is 8.77. The molecule has 0 aliphatic heterocycles. The molecule has 0 unspecified atom stereocenters. The fourth-order valence-electron chi connectivity index (χ4n) is 2.54. The number of nitrogens with zero attached hydrogens (tertiary/aromatic N) is 1. The maximum Gasteiger partial charge on any atom is 0.471 e. The average molecular weight is 481 g/mol. The predicted molar refractivity (Wildman–Crippen MR) is 109 cm³/mol. The van der Waals surface area contributed by atoms with E-state index in [4.69, 9.17) is 23.2 Å². The highest BCUT2D eigenvalue weighted by Gasteiger charge is 2.40. The van der Waals surface area contributed by atoms with Gasteiger partial charge in [0.2, 0.25) is 0 Å². The van der Waals surface area contributed by atoms with Gasteiger partial charge in [0.25, 0.3) is 11.5 Å². The summed E-state index contributed by atoms with van der Waals surface area (Å²) >= 11 is 11.8. The summed E-state index contributed by atoms with van der Waals surface area (Å²) in [4.78, 5) is 49.8. The van der Waals surface area contributed by atoms with Gasteiger partial charge in [0.1, 0.15) is 11.4 Å². The molecule has 3 N–H and O–H groups in total. The van der Waals surface area contributed by atoms with Crippen molar-refractivity contribution >= 4 is 40.7 Å². The molecular weight excluding hydrogens is 464 g/mol. The Kier molecular flexibility index (Phi) is 7.55. The minimum absolute atomic E-state index is 0.360. The molecule has 0 fully saturated rings. The largest absolute Gasteiger partial charge is 0.471 e. The Hall–Kier alpha value is -2.79. The summed E-state index contributed by atoms with van der Waals surface area (Å²) in [5.74, 6) is -3.49. The molecule has 0 aliphatic rings. The van der Waals surface area contributed by atoms with E-state index in [-0.39, 0.29) is 0 Å². The molecule has 13 heteroatoms. The topological polar surface area (TPSA) is 113 Å². The summed E-state index contributed by atoms with van der Waals surface area (Å²) in [6.45, 7) is 1.61. The third-order valence-corrected chi connectivity index (χ3v) is 4.99. The molecule has 2 amide bonds. The van der Waals surface area contributed by atoms with Crippen LogP contribution in [0.5, 0.6) is 0 Å². The maximum atomic E-state index is 12.6. The van der Waals surface area contributed by atoms with Gasteiger partial charge in [-0.25, -0.2) is 4.79 Å². The quantitative estimate of drug-likeness (QED) is 0.589. The molecule has 0 spiro atoms. The lowest BCUT2D eigenvalue weighted by Gasteiger charge is -2.16. The molecule has 2 aromatic rings. The van der Waals surface area contributed by atoms with Gasteiger partial charge in [-0.15, -0.1) is 0 Å². The van der Waals surface area contributed by atoms with Crippen LogP contribution >= 0.6 is 23.2 Å². The number of aromatic amines is 1. The highest BCUT2D eigenvalue weighted by molar-refractivity contribution is 6.42. The molecule has 1 heterocycles. The molecule has 1 atom stereocenters. The van der Waals surface area contributed by atoms with E-state index in [1.54, 1.807) is 25.1 Å². The summed E-state index contributed by atoms with van der Waals surface area (Å²) in [6.07, 6.45) is -4.44. The lowest BCUT2D eigenvalue weighted by atomic mass is 10.1. The lowest BCUT2D eigenvalue weighted by molar-refractivity contribution is -0.167. The first-order valence-corrected chi connectivity index (χ1v) is 9.53. The predicted octanol–water partition coefficient (Wildman–Crippen LogP) is 2.63. The van der Waals surface area contributed by atoms with Gasteiger partial charge in [-0.05, 0) is 37.5 Å². The van der Waals surface area contributed by atoms with Crippen molar-refractivity contribution in [2.75, 3.05) is 5.32 Å². The van der Waals surface area contributed by atoms with Crippen LogP contribution in [0.3, 0.4) is 0 Å². The number of aromatic nitrogens is 2. The van der Waals surface area contributed by atoms with Gasteiger partial charge in [0.05, 0.1) is 10.0 Å². The first-order chi connectivity index (χ1) is 14.3. The summed E-state index contributed by atoms with van der Waals surface area (Å²) in [5.41, 5.74) is -3.25. The fraction of sp³-hybridized carbons (Fsp3) is 0.333. The zero-order chi connectivity index (χ0) is 23.5. The SMILES string of the molecule is C[C@H](CCc1ccc(Cl)c(Cl)c1)NC(=O)c1[nH]c(=O)n(C)c(=O)c1NC(=O)C(F)(F)F. The summed E-state index contributed by atoms with van der Waals surface area (Å²) in [6, 6.07) is 4.50. The van der Waals surface area contributed by atoms with Crippen molar-refractivity contribution in [3.63, 3.8) is 0 Å². The third-order valence-electron chi connectivity index (χ3n) is 4.26. The van der Waals surface area contributed by atoms with E-state index in [1.807, 2.05) is 4.98 Å². The second-order valence-electron chi connectivity index (χ2n) is 6.66. The molecule has 168 valence electrons. The number of halogens is 5. The third kappa shape index (κ3) is 6.11. The Bertz CT molecular complexity index is 1130. The summed E-state index contributed by atoms with van der Waals surface area (Å²) in [5, 5.41) is 4.57. The van der Waals surface area contributed by atoms with E-state index in [2.05, 4.69) is 5.32 Å². The molecule has 0 saturated carbocycles. The number of nitrogens with one attached hydrogen (secondary N) is 3. The molecule has 8 nitrogen and oxygen atoms in total. The number of benzene rings is 1. The van der Waals surface area contributed by atoms with Crippen LogP contribution in [-0.2, 0) is 18.3 Å². The summed E-state index contributed by atoms with van der Waals surface area (Å²) in [7, 11) is 0.978. The van der Waals surface area contributed by atoms with Gasteiger partial charge in [0.15, 0.2) is 0 Å². The van der Waals surface area contributed by atoms with E-state index >= 15 is 0 Å². The molecule has 2 rings (SSSR count). The molecule has 31 heavy (non-hydrogen) atoms. The Morgan fingerprint density at radius 3 is 2.42 bits per heavy atom. The molecule has 1 aromatic heterocycles. The number of hydrogen-bond acceptors (Lipinski definition) is 4. The standard InChI is InChI=1S/C18H17Cl2F3N4O4/c1-8(3-4-9-5-6-10(19)11(20)7-9)24-14(28)12-13(25-16(30)18(21,22)23)15(29)27(2)17(31)26-12/h5-8H,3-4H2,1-2H3,(H,24,28)(H,25,30)(H,26,31)/t8-/m1/s1. The van der Waals surface area contributed by atoms with Crippen LogP contribution in [0.25, 0.3) is 0 Å². The minimum atomic E-state index is -5.30. The van der Waals surface area contributed by atoms with E-state index in [0.717, 1.165) is 12.6 Å². The van der Waals surface area contributed by atoms with Crippen molar-refractivity contribution < 1.29 is 22.8 Å². The Balaban J connectivity index is 2.21. The van der Waals surface area contributed by atoms with Crippen LogP contribution < -0.4 is 21.9 Å². The maximum absolute atomic E-state index is 12.6. The Morgan fingerprint density at radius 2 is 1.84 bits per heavy atom. The number of rotatable bonds is 6. The number of carbonyl (C=O) groups excluding carboxylic acids is 2. The summed E-state index contributed by atoms with van der Waals surface area (Å²) < 4.78 is 38.2. The molecule has 0 aliphatic carbocycles. The van der Waals surface area contributed by atoms with E-state index in [9.17, 15) is 32.3 Å². The molecular formula is C18H17Cl2F3N4O4. The van der Waals surface area contributed by atoms with Gasteiger partial charge in [-0.1, -0.05) is 29.3 Å². The van der Waals surface area contributed by atoms with Crippen molar-refractivity contribution in [1.82, 2.24) is 14.9 Å². The van der Waals surface area contributed by atoms with Crippen LogP contribution in [0.15, 0.2) is 27.8 Å². The minimum Gasteiger partial charge on any atom is -0.348 e. The van der Waals surface area contributed by atoms with Crippen molar-refractivity contribution in [3.05, 3.63) is 60.3 Å². The number of aryl methyl sites for hydroxylation is 1. The number of H-pyrrole nitrogens is 1. The fourth-order valence-corrected chi connectivity index (χ4v) is 2.86. The average Bonchev–Trinajstić information content (AvgIpc) is 2.68. The number of anilines is 1. The van der Waals surface area contributed by atoms with Crippen molar-refractivity contribution in [1.29, 1.82) is 0 Å². The van der Waals surface area contributed by atoms with Crippen LogP contribution in [0, 0.1) is 0 Å². The zero-order valence-electron chi connectivity index (χ0n) is 16.2. The van der Waals surface area contributed by atoms with Crippen molar-refractivity contribution in [2.45, 2.75) is 32.0 Å². The van der Waals surface area contributed by atoms with Crippen LogP contribution in [0.4, 0.5) is 18.9 Å². The van der Waals surface area contributed by atoms with Crippen LogP contribution in [0.2, 0.25) is 10.0 Å². The highest BCUT2D eigenvalue weighted by Crippen LogP contribution is 2.23. The molecule has 0 saturated heterocycles. The van der Waals surface area contributed by atoms with Gasteiger partial charge >= 0.3 is 17.8 Å². The van der Waals surface area contributed by atoms with Crippen molar-refractivity contribution in [2.24, 2.45) is 7.05 Å². The van der Waals surface area contributed by atoms with Crippen LogP contribution in [0.1, 0.15) is 29.4 Å². The van der Waals surface area contributed by atoms with E-state index in [0.29, 0.717) is 27.5 Å². The Morgan fingerprint density at radius 1 is 1.19 bits per heavy atom. The first kappa shape index (κ1) is 24.5. The van der Waals surface area contributed by atoms with Crippen LogP contribution in [-0.4, -0.2) is 33.6 Å². The van der Waals surface area contributed by atoms with Crippen molar-refractivity contribution in [3.8, 4) is 0 Å². The number of hydrogen-bond donors (Lipinski definition) is 3. The van der Waals surface area contributed by atoms with E-state index < -0.39 is 46.7 Å². The second kappa shape index (κ2) is 9.56. The monoisotopic (exact) mass is 480 g/mol. The molecule has 1 aromatic carbocycles. The van der Waals surface area contributed by atoms with Gasteiger partial charge in [-0.3, -0.25) is 19.0 Å². The molecule has 0 bridgehead atoms.